The maximum atomic E-state index is 12.8. The first-order chi connectivity index (χ1) is 7.08. The number of rotatable bonds is 2. The molecule has 4 heteroatoms. The minimum Gasteiger partial charge on any atom is -0.326 e. The lowest BCUT2D eigenvalue weighted by Gasteiger charge is -2.04. The molecule has 2 nitrogen and oxygen atoms in total. The summed E-state index contributed by atoms with van der Waals surface area (Å²) in [7, 11) is 0. The Labute approximate surface area is 92.4 Å². The lowest BCUT2D eigenvalue weighted by atomic mass is 10.2. The molecule has 0 aromatic heterocycles. The number of hydrogen-bond acceptors (Lipinski definition) is 1. The van der Waals surface area contributed by atoms with Gasteiger partial charge in [-0.3, -0.25) is 4.79 Å². The smallest absolute Gasteiger partial charge is 0.227 e. The summed E-state index contributed by atoms with van der Waals surface area (Å²) in [6.45, 7) is 2.03. The lowest BCUT2D eigenvalue weighted by Crippen LogP contribution is -2.14. The molecule has 0 radical (unpaired) electrons. The molecule has 1 amide bonds. The van der Waals surface area contributed by atoms with Crippen LogP contribution in [0.2, 0.25) is 5.02 Å². The zero-order valence-electron chi connectivity index (χ0n) is 8.26. The number of nitrogens with one attached hydrogen (secondary N) is 1. The second-order valence-electron chi connectivity index (χ2n) is 3.94. The van der Waals surface area contributed by atoms with Crippen LogP contribution < -0.4 is 5.32 Å². The maximum absolute atomic E-state index is 12.8. The van der Waals surface area contributed by atoms with Gasteiger partial charge in [0.1, 0.15) is 5.82 Å². The first-order valence-electron chi connectivity index (χ1n) is 4.84. The molecule has 2 atom stereocenters. The second kappa shape index (κ2) is 3.81. The van der Waals surface area contributed by atoms with E-state index in [0.717, 1.165) is 6.42 Å². The van der Waals surface area contributed by atoms with Gasteiger partial charge in [0.2, 0.25) is 5.91 Å². The molecule has 0 aliphatic heterocycles. The van der Waals surface area contributed by atoms with E-state index in [4.69, 9.17) is 11.6 Å². The Morgan fingerprint density at radius 2 is 2.27 bits per heavy atom. The first kappa shape index (κ1) is 10.4. The molecule has 1 fully saturated rings. The van der Waals surface area contributed by atoms with Crippen LogP contribution >= 0.6 is 11.6 Å². The van der Waals surface area contributed by atoms with Gasteiger partial charge >= 0.3 is 0 Å². The number of halogens is 2. The van der Waals surface area contributed by atoms with Crippen molar-refractivity contribution < 1.29 is 9.18 Å². The van der Waals surface area contributed by atoms with E-state index in [1.54, 1.807) is 0 Å². The zero-order chi connectivity index (χ0) is 11.0. The fraction of sp³-hybridized carbons (Fsp3) is 0.364. The predicted molar refractivity (Wildman–Crippen MR) is 57.3 cm³/mol. The van der Waals surface area contributed by atoms with Crippen molar-refractivity contribution in [2.75, 3.05) is 5.32 Å². The van der Waals surface area contributed by atoms with Gasteiger partial charge in [-0.15, -0.1) is 0 Å². The van der Waals surface area contributed by atoms with Crippen molar-refractivity contribution in [1.82, 2.24) is 0 Å². The third-order valence-corrected chi connectivity index (χ3v) is 2.92. The fourth-order valence-electron chi connectivity index (χ4n) is 1.50. The predicted octanol–water partition coefficient (Wildman–Crippen LogP) is 3.07. The Balaban J connectivity index is 2.04. The third kappa shape index (κ3) is 2.29. The van der Waals surface area contributed by atoms with Crippen LogP contribution in [0.15, 0.2) is 18.2 Å². The highest BCUT2D eigenvalue weighted by Crippen LogP contribution is 2.38. The molecule has 1 aliphatic carbocycles. The van der Waals surface area contributed by atoms with Crippen LogP contribution in [0.4, 0.5) is 10.1 Å². The summed E-state index contributed by atoms with van der Waals surface area (Å²) in [5.74, 6) is 0.0781. The van der Waals surface area contributed by atoms with E-state index < -0.39 is 5.82 Å². The van der Waals surface area contributed by atoms with E-state index in [9.17, 15) is 9.18 Å². The minimum atomic E-state index is -0.477. The largest absolute Gasteiger partial charge is 0.326 e. The van der Waals surface area contributed by atoms with E-state index in [-0.39, 0.29) is 16.8 Å². The Hall–Kier alpha value is -1.09. The Morgan fingerprint density at radius 1 is 1.60 bits per heavy atom. The van der Waals surface area contributed by atoms with E-state index in [1.807, 2.05) is 6.92 Å². The molecule has 80 valence electrons. The van der Waals surface area contributed by atoms with Crippen molar-refractivity contribution in [3.63, 3.8) is 0 Å². The van der Waals surface area contributed by atoms with Gasteiger partial charge in [0.15, 0.2) is 0 Å². The number of benzene rings is 1. The van der Waals surface area contributed by atoms with Gasteiger partial charge < -0.3 is 5.32 Å². The van der Waals surface area contributed by atoms with Crippen LogP contribution in [-0.2, 0) is 4.79 Å². The standard InChI is InChI=1S/C11H11ClFNO/c1-6-4-8(6)11(15)14-7-2-3-10(13)9(12)5-7/h2-3,5-6,8H,4H2,1H3,(H,14,15)/t6-,8+/m0/s1. The normalized spacial score (nSPS) is 23.7. The molecule has 2 rings (SSSR count). The molecular weight excluding hydrogens is 217 g/mol. The highest BCUT2D eigenvalue weighted by molar-refractivity contribution is 6.31. The molecule has 0 unspecified atom stereocenters. The van der Waals surface area contributed by atoms with Crippen molar-refractivity contribution in [3.05, 3.63) is 29.0 Å². The molecule has 0 spiro atoms. The topological polar surface area (TPSA) is 29.1 Å². The molecule has 1 aliphatic rings. The summed E-state index contributed by atoms with van der Waals surface area (Å²) in [6.07, 6.45) is 0.931. The molecular formula is C11H11ClFNO. The molecule has 1 aromatic carbocycles. The van der Waals surface area contributed by atoms with Crippen molar-refractivity contribution in [3.8, 4) is 0 Å². The number of carbonyl (C=O) groups is 1. The Bertz CT molecular complexity index is 408. The van der Waals surface area contributed by atoms with Gasteiger partial charge in [-0.2, -0.15) is 0 Å². The van der Waals surface area contributed by atoms with Crippen LogP contribution in [0.25, 0.3) is 0 Å². The average molecular weight is 228 g/mol. The van der Waals surface area contributed by atoms with Gasteiger partial charge in [-0.1, -0.05) is 18.5 Å². The fourth-order valence-corrected chi connectivity index (χ4v) is 1.68. The molecule has 1 saturated carbocycles. The number of amides is 1. The number of hydrogen-bond donors (Lipinski definition) is 1. The number of anilines is 1. The summed E-state index contributed by atoms with van der Waals surface area (Å²) in [6, 6.07) is 4.17. The van der Waals surface area contributed by atoms with Crippen LogP contribution in [0, 0.1) is 17.7 Å². The summed E-state index contributed by atoms with van der Waals surface area (Å²) < 4.78 is 12.8. The SMILES string of the molecule is C[C@H]1C[C@H]1C(=O)Nc1ccc(F)c(Cl)c1. The monoisotopic (exact) mass is 227 g/mol. The van der Waals surface area contributed by atoms with E-state index in [1.165, 1.54) is 18.2 Å². The highest BCUT2D eigenvalue weighted by Gasteiger charge is 2.39. The third-order valence-electron chi connectivity index (χ3n) is 2.63. The van der Waals surface area contributed by atoms with Gasteiger partial charge in [0.05, 0.1) is 5.02 Å². The quantitative estimate of drug-likeness (QED) is 0.827. The lowest BCUT2D eigenvalue weighted by molar-refractivity contribution is -0.117. The summed E-state index contributed by atoms with van der Waals surface area (Å²) in [5.41, 5.74) is 0.547. The molecule has 1 N–H and O–H groups in total. The van der Waals surface area contributed by atoms with E-state index >= 15 is 0 Å². The van der Waals surface area contributed by atoms with Crippen molar-refractivity contribution in [2.45, 2.75) is 13.3 Å². The molecule has 15 heavy (non-hydrogen) atoms. The van der Waals surface area contributed by atoms with Crippen LogP contribution in [0.3, 0.4) is 0 Å². The van der Waals surface area contributed by atoms with Crippen molar-refractivity contribution in [1.29, 1.82) is 0 Å². The molecule has 0 bridgehead atoms. The maximum Gasteiger partial charge on any atom is 0.227 e. The Morgan fingerprint density at radius 3 is 2.80 bits per heavy atom. The second-order valence-corrected chi connectivity index (χ2v) is 4.34. The molecule has 1 aromatic rings. The Kier molecular flexibility index (Phi) is 2.65. The molecule has 0 heterocycles. The van der Waals surface area contributed by atoms with Gasteiger partial charge in [-0.05, 0) is 30.5 Å². The zero-order valence-corrected chi connectivity index (χ0v) is 9.01. The van der Waals surface area contributed by atoms with Gasteiger partial charge in [0.25, 0.3) is 0 Å². The van der Waals surface area contributed by atoms with Gasteiger partial charge in [-0.25, -0.2) is 4.39 Å². The summed E-state index contributed by atoms with van der Waals surface area (Å²) in [5, 5.41) is 2.74. The summed E-state index contributed by atoms with van der Waals surface area (Å²) in [4.78, 5) is 11.5. The van der Waals surface area contributed by atoms with Crippen LogP contribution in [0.1, 0.15) is 13.3 Å². The van der Waals surface area contributed by atoms with Crippen molar-refractivity contribution >= 4 is 23.2 Å². The number of carbonyl (C=O) groups excluding carboxylic acids is 1. The van der Waals surface area contributed by atoms with Crippen molar-refractivity contribution in [2.24, 2.45) is 11.8 Å². The highest BCUT2D eigenvalue weighted by atomic mass is 35.5. The first-order valence-corrected chi connectivity index (χ1v) is 5.21. The average Bonchev–Trinajstić information content (AvgIpc) is 2.89. The summed E-state index contributed by atoms with van der Waals surface area (Å²) >= 11 is 5.59. The van der Waals surface area contributed by atoms with E-state index in [0.29, 0.717) is 11.6 Å². The van der Waals surface area contributed by atoms with Crippen LogP contribution in [0.5, 0.6) is 0 Å². The minimum absolute atomic E-state index is 0.00910. The van der Waals surface area contributed by atoms with Crippen LogP contribution in [-0.4, -0.2) is 5.91 Å². The van der Waals surface area contributed by atoms with Gasteiger partial charge in [0, 0.05) is 11.6 Å². The van der Waals surface area contributed by atoms with E-state index in [2.05, 4.69) is 5.32 Å². The molecule has 0 saturated heterocycles.